The highest BCUT2D eigenvalue weighted by atomic mass is 16.5. The molecule has 1 saturated heterocycles. The average molecular weight is 500 g/mol. The van der Waals surface area contributed by atoms with E-state index in [1.165, 1.54) is 4.90 Å². The standard InChI is InChI=1S/C28H29N5O4/c1-32(2)27(35)18-11-17(12-19(13-18)28(36)33-10-6-7-21(33)16-34)20-14-23-25(30-31-26(23)29-15-20)22-8-4-5-9-24(22)37-3/h4-5,8-9,11-15,21,34H,6-7,10,16H2,1-3H3,(H,29,30,31)/t21-/m0/s1. The van der Waals surface area contributed by atoms with Crippen molar-refractivity contribution in [3.8, 4) is 28.1 Å². The van der Waals surface area contributed by atoms with Crippen LogP contribution < -0.4 is 4.74 Å². The lowest BCUT2D eigenvalue weighted by Gasteiger charge is -2.24. The minimum absolute atomic E-state index is 0.0816. The fourth-order valence-electron chi connectivity index (χ4n) is 4.87. The molecule has 3 heterocycles. The number of hydrogen-bond acceptors (Lipinski definition) is 6. The molecule has 0 aliphatic carbocycles. The summed E-state index contributed by atoms with van der Waals surface area (Å²) in [5.41, 5.74) is 4.38. The molecular weight excluding hydrogens is 470 g/mol. The normalized spacial score (nSPS) is 15.2. The minimum Gasteiger partial charge on any atom is -0.496 e. The van der Waals surface area contributed by atoms with Crippen LogP contribution in [0.5, 0.6) is 5.75 Å². The number of carbonyl (C=O) groups excluding carboxylic acids is 2. The van der Waals surface area contributed by atoms with Gasteiger partial charge in [0, 0.05) is 54.5 Å². The van der Waals surface area contributed by atoms with Crippen LogP contribution in [-0.4, -0.2) is 82.3 Å². The molecule has 1 aliphatic rings. The summed E-state index contributed by atoms with van der Waals surface area (Å²) < 4.78 is 5.53. The van der Waals surface area contributed by atoms with E-state index in [4.69, 9.17) is 4.74 Å². The SMILES string of the molecule is COc1ccccc1-c1n[nH]c2ncc(-c3cc(C(=O)N(C)C)cc(C(=O)N4CCC[C@H]4CO)c3)cc12. The fraction of sp³-hybridized carbons (Fsp3) is 0.286. The Labute approximate surface area is 214 Å². The molecule has 0 radical (unpaired) electrons. The number of carbonyl (C=O) groups is 2. The Morgan fingerprint density at radius 2 is 1.92 bits per heavy atom. The predicted octanol–water partition coefficient (Wildman–Crippen LogP) is 3.60. The van der Waals surface area contributed by atoms with E-state index in [1.54, 1.807) is 50.5 Å². The number of aromatic nitrogens is 3. The molecule has 2 amide bonds. The van der Waals surface area contributed by atoms with Crippen molar-refractivity contribution in [3.63, 3.8) is 0 Å². The molecule has 0 bridgehead atoms. The molecule has 0 spiro atoms. The molecule has 4 aromatic rings. The molecule has 0 unspecified atom stereocenters. The predicted molar refractivity (Wildman–Crippen MR) is 140 cm³/mol. The van der Waals surface area contributed by atoms with E-state index in [9.17, 15) is 14.7 Å². The van der Waals surface area contributed by atoms with Gasteiger partial charge in [-0.3, -0.25) is 14.7 Å². The third kappa shape index (κ3) is 4.53. The van der Waals surface area contributed by atoms with Crippen LogP contribution in [0, 0.1) is 0 Å². The van der Waals surface area contributed by atoms with Gasteiger partial charge in [-0.2, -0.15) is 5.10 Å². The zero-order valence-corrected chi connectivity index (χ0v) is 21.1. The number of aliphatic hydroxyl groups excluding tert-OH is 1. The van der Waals surface area contributed by atoms with Crippen molar-refractivity contribution in [1.82, 2.24) is 25.0 Å². The molecule has 9 nitrogen and oxygen atoms in total. The molecule has 190 valence electrons. The molecule has 5 rings (SSSR count). The zero-order valence-electron chi connectivity index (χ0n) is 21.1. The van der Waals surface area contributed by atoms with Crippen molar-refractivity contribution >= 4 is 22.8 Å². The number of para-hydroxylation sites is 1. The number of aliphatic hydroxyl groups is 1. The number of nitrogens with one attached hydrogen (secondary N) is 1. The smallest absolute Gasteiger partial charge is 0.254 e. The van der Waals surface area contributed by atoms with Crippen molar-refractivity contribution in [2.24, 2.45) is 0 Å². The van der Waals surface area contributed by atoms with Gasteiger partial charge in [0.25, 0.3) is 11.8 Å². The van der Waals surface area contributed by atoms with Gasteiger partial charge in [0.05, 0.1) is 19.8 Å². The summed E-state index contributed by atoms with van der Waals surface area (Å²) in [6.45, 7) is 0.498. The van der Waals surface area contributed by atoms with Gasteiger partial charge in [0.2, 0.25) is 0 Å². The van der Waals surface area contributed by atoms with Gasteiger partial charge in [-0.25, -0.2) is 4.98 Å². The molecule has 1 atom stereocenters. The summed E-state index contributed by atoms with van der Waals surface area (Å²) in [5.74, 6) is 0.290. The fourth-order valence-corrected chi connectivity index (χ4v) is 4.87. The summed E-state index contributed by atoms with van der Waals surface area (Å²) in [5, 5.41) is 18.0. The molecule has 37 heavy (non-hydrogen) atoms. The van der Waals surface area contributed by atoms with E-state index in [0.717, 1.165) is 29.4 Å². The van der Waals surface area contributed by atoms with E-state index in [2.05, 4.69) is 15.2 Å². The quantitative estimate of drug-likeness (QED) is 0.419. The highest BCUT2D eigenvalue weighted by Gasteiger charge is 2.29. The van der Waals surface area contributed by atoms with Gasteiger partial charge >= 0.3 is 0 Å². The first-order chi connectivity index (χ1) is 17.9. The largest absolute Gasteiger partial charge is 0.496 e. The van der Waals surface area contributed by atoms with Crippen LogP contribution in [0.15, 0.2) is 54.7 Å². The number of benzene rings is 2. The molecule has 1 fully saturated rings. The maximum absolute atomic E-state index is 13.5. The number of hydrogen-bond donors (Lipinski definition) is 2. The molecule has 9 heteroatoms. The number of ether oxygens (including phenoxy) is 1. The average Bonchev–Trinajstić information content (AvgIpc) is 3.58. The number of rotatable bonds is 6. The zero-order chi connectivity index (χ0) is 26.1. The van der Waals surface area contributed by atoms with E-state index in [0.29, 0.717) is 40.3 Å². The highest BCUT2D eigenvalue weighted by molar-refractivity contribution is 6.02. The van der Waals surface area contributed by atoms with Crippen LogP contribution in [-0.2, 0) is 0 Å². The Bertz CT molecular complexity index is 1480. The Morgan fingerprint density at radius 1 is 1.14 bits per heavy atom. The third-order valence-corrected chi connectivity index (χ3v) is 6.79. The molecule has 1 aliphatic heterocycles. The Kier molecular flexibility index (Phi) is 6.62. The van der Waals surface area contributed by atoms with Crippen molar-refractivity contribution in [2.75, 3.05) is 34.4 Å². The second-order valence-electron chi connectivity index (χ2n) is 9.37. The Morgan fingerprint density at radius 3 is 2.68 bits per heavy atom. The first-order valence-electron chi connectivity index (χ1n) is 12.2. The van der Waals surface area contributed by atoms with Crippen molar-refractivity contribution in [2.45, 2.75) is 18.9 Å². The molecule has 2 N–H and O–H groups in total. The van der Waals surface area contributed by atoms with Gasteiger partial charge < -0.3 is 19.6 Å². The molecule has 2 aromatic heterocycles. The lowest BCUT2D eigenvalue weighted by molar-refractivity contribution is 0.0677. The van der Waals surface area contributed by atoms with E-state index >= 15 is 0 Å². The van der Waals surface area contributed by atoms with Crippen molar-refractivity contribution in [3.05, 3.63) is 65.9 Å². The maximum atomic E-state index is 13.5. The van der Waals surface area contributed by atoms with Crippen molar-refractivity contribution < 1.29 is 19.4 Å². The summed E-state index contributed by atoms with van der Waals surface area (Å²) in [4.78, 5) is 34.2. The number of pyridine rings is 1. The second kappa shape index (κ2) is 10.0. The van der Waals surface area contributed by atoms with Crippen LogP contribution in [0.2, 0.25) is 0 Å². The van der Waals surface area contributed by atoms with Crippen LogP contribution in [0.1, 0.15) is 33.6 Å². The topological polar surface area (TPSA) is 112 Å². The van der Waals surface area contributed by atoms with E-state index in [1.807, 2.05) is 30.3 Å². The van der Waals surface area contributed by atoms with Crippen LogP contribution in [0.3, 0.4) is 0 Å². The van der Waals surface area contributed by atoms with Crippen LogP contribution in [0.25, 0.3) is 33.4 Å². The van der Waals surface area contributed by atoms with Crippen molar-refractivity contribution in [1.29, 1.82) is 0 Å². The summed E-state index contributed by atoms with van der Waals surface area (Å²) in [7, 11) is 4.97. The van der Waals surface area contributed by atoms with Crippen LogP contribution in [0.4, 0.5) is 0 Å². The summed E-state index contributed by atoms with van der Waals surface area (Å²) in [6.07, 6.45) is 3.30. The van der Waals surface area contributed by atoms with Gasteiger partial charge in [-0.1, -0.05) is 12.1 Å². The van der Waals surface area contributed by atoms with E-state index in [-0.39, 0.29) is 24.5 Å². The second-order valence-corrected chi connectivity index (χ2v) is 9.37. The maximum Gasteiger partial charge on any atom is 0.254 e. The molecule has 0 saturated carbocycles. The Balaban J connectivity index is 1.63. The number of methoxy groups -OCH3 is 1. The van der Waals surface area contributed by atoms with E-state index < -0.39 is 0 Å². The lowest BCUT2D eigenvalue weighted by atomic mass is 9.98. The number of nitrogens with zero attached hydrogens (tertiary/aromatic N) is 4. The number of fused-ring (bicyclic) bond motifs is 1. The first-order valence-corrected chi connectivity index (χ1v) is 12.2. The van der Waals surface area contributed by atoms with Gasteiger partial charge in [0.15, 0.2) is 5.65 Å². The number of amides is 2. The number of aromatic amines is 1. The molecular formula is C28H29N5O4. The highest BCUT2D eigenvalue weighted by Crippen LogP contribution is 2.35. The summed E-state index contributed by atoms with van der Waals surface area (Å²) in [6, 6.07) is 14.6. The summed E-state index contributed by atoms with van der Waals surface area (Å²) >= 11 is 0. The molecule has 2 aromatic carbocycles. The van der Waals surface area contributed by atoms with Crippen LogP contribution >= 0.6 is 0 Å². The third-order valence-electron chi connectivity index (χ3n) is 6.79. The number of likely N-dealkylation sites (tertiary alicyclic amines) is 1. The Hall–Kier alpha value is -4.24. The van der Waals surface area contributed by atoms with Gasteiger partial charge in [-0.05, 0) is 54.8 Å². The first kappa shape index (κ1) is 24.5. The monoisotopic (exact) mass is 499 g/mol. The van der Waals surface area contributed by atoms with Gasteiger partial charge in [-0.15, -0.1) is 0 Å². The minimum atomic E-state index is -0.212. The van der Waals surface area contributed by atoms with Gasteiger partial charge in [0.1, 0.15) is 11.4 Å². The number of H-pyrrole nitrogens is 1. The lowest BCUT2D eigenvalue weighted by Crippen LogP contribution is -2.37.